The number of hydrogen-bond acceptors (Lipinski definition) is 2. The quantitative estimate of drug-likeness (QED) is 0.901. The third-order valence-corrected chi connectivity index (χ3v) is 3.44. The maximum absolute atomic E-state index is 12.3. The fourth-order valence-corrected chi connectivity index (χ4v) is 2.15. The van der Waals surface area contributed by atoms with E-state index < -0.39 is 5.41 Å². The highest BCUT2D eigenvalue weighted by molar-refractivity contribution is 5.98. The van der Waals surface area contributed by atoms with Crippen molar-refractivity contribution in [1.29, 1.82) is 0 Å². The lowest BCUT2D eigenvalue weighted by Crippen LogP contribution is -2.29. The Morgan fingerprint density at radius 3 is 2.40 bits per heavy atom. The van der Waals surface area contributed by atoms with Crippen LogP contribution in [-0.4, -0.2) is 29.8 Å². The Morgan fingerprint density at radius 1 is 1.15 bits per heavy atom. The summed E-state index contributed by atoms with van der Waals surface area (Å²) < 4.78 is 0. The van der Waals surface area contributed by atoms with Crippen molar-refractivity contribution in [2.24, 2.45) is 5.41 Å². The van der Waals surface area contributed by atoms with Crippen LogP contribution in [0.1, 0.15) is 44.0 Å². The van der Waals surface area contributed by atoms with Crippen molar-refractivity contribution >= 4 is 17.5 Å². The van der Waals surface area contributed by atoms with Gasteiger partial charge in [-0.3, -0.25) is 9.59 Å². The summed E-state index contributed by atoms with van der Waals surface area (Å²) in [6.07, 6.45) is 2.15. The van der Waals surface area contributed by atoms with Gasteiger partial charge in [-0.15, -0.1) is 0 Å². The van der Waals surface area contributed by atoms with E-state index in [1.807, 2.05) is 37.8 Å². The first kappa shape index (κ1) is 14.6. The van der Waals surface area contributed by atoms with Crippen LogP contribution >= 0.6 is 0 Å². The average molecular weight is 274 g/mol. The number of nitrogens with zero attached hydrogens (tertiary/aromatic N) is 1. The van der Waals surface area contributed by atoms with Gasteiger partial charge in [0, 0.05) is 29.8 Å². The molecule has 2 rings (SSSR count). The van der Waals surface area contributed by atoms with Crippen LogP contribution in [0.15, 0.2) is 24.3 Å². The normalized spacial score (nSPS) is 15.2. The highest BCUT2D eigenvalue weighted by Crippen LogP contribution is 2.19. The molecule has 0 aromatic heterocycles. The summed E-state index contributed by atoms with van der Waals surface area (Å²) in [6.45, 7) is 7.25. The fraction of sp³-hybridized carbons (Fsp3) is 0.500. The minimum absolute atomic E-state index is 0.0503. The van der Waals surface area contributed by atoms with Crippen molar-refractivity contribution in [3.8, 4) is 0 Å². The van der Waals surface area contributed by atoms with Crippen LogP contribution in [0.2, 0.25) is 0 Å². The number of anilines is 1. The molecule has 0 bridgehead atoms. The van der Waals surface area contributed by atoms with Gasteiger partial charge in [0.1, 0.15) is 0 Å². The molecular weight excluding hydrogens is 252 g/mol. The maximum atomic E-state index is 12.3. The number of benzene rings is 1. The van der Waals surface area contributed by atoms with E-state index in [9.17, 15) is 9.59 Å². The van der Waals surface area contributed by atoms with Crippen LogP contribution in [0.5, 0.6) is 0 Å². The number of likely N-dealkylation sites (tertiary alicyclic amines) is 1. The molecule has 1 heterocycles. The Hall–Kier alpha value is -1.84. The van der Waals surface area contributed by atoms with Gasteiger partial charge in [-0.2, -0.15) is 0 Å². The number of nitrogens with one attached hydrogen (secondary N) is 1. The molecule has 2 amide bonds. The molecule has 1 aromatic rings. The third kappa shape index (κ3) is 3.38. The molecule has 1 aliphatic heterocycles. The lowest BCUT2D eigenvalue weighted by molar-refractivity contribution is -0.123. The second-order valence-electron chi connectivity index (χ2n) is 6.28. The topological polar surface area (TPSA) is 49.4 Å². The zero-order chi connectivity index (χ0) is 14.8. The summed E-state index contributed by atoms with van der Waals surface area (Å²) in [7, 11) is 0. The summed E-state index contributed by atoms with van der Waals surface area (Å²) in [4.78, 5) is 26.1. The van der Waals surface area contributed by atoms with Gasteiger partial charge in [-0.05, 0) is 31.0 Å². The Morgan fingerprint density at radius 2 is 1.80 bits per heavy atom. The van der Waals surface area contributed by atoms with Crippen molar-refractivity contribution in [1.82, 2.24) is 4.90 Å². The number of carbonyl (C=O) groups excluding carboxylic acids is 2. The molecule has 1 fully saturated rings. The summed E-state index contributed by atoms with van der Waals surface area (Å²) >= 11 is 0. The number of carbonyl (C=O) groups is 2. The molecule has 0 saturated carbocycles. The predicted octanol–water partition coefficient (Wildman–Crippen LogP) is 2.91. The Labute approximate surface area is 120 Å². The van der Waals surface area contributed by atoms with E-state index in [1.54, 1.807) is 12.1 Å². The van der Waals surface area contributed by atoms with Gasteiger partial charge in [0.2, 0.25) is 5.91 Å². The van der Waals surface area contributed by atoms with Crippen molar-refractivity contribution in [2.45, 2.75) is 33.6 Å². The lowest BCUT2D eigenvalue weighted by Gasteiger charge is -2.19. The number of amides is 2. The molecule has 0 atom stereocenters. The van der Waals surface area contributed by atoms with Gasteiger partial charge >= 0.3 is 0 Å². The first-order valence-electron chi connectivity index (χ1n) is 7.09. The van der Waals surface area contributed by atoms with E-state index in [0.29, 0.717) is 11.3 Å². The minimum Gasteiger partial charge on any atom is -0.339 e. The van der Waals surface area contributed by atoms with Gasteiger partial charge in [0.05, 0.1) is 0 Å². The molecule has 0 radical (unpaired) electrons. The van der Waals surface area contributed by atoms with Crippen molar-refractivity contribution < 1.29 is 9.59 Å². The highest BCUT2D eigenvalue weighted by atomic mass is 16.2. The molecule has 1 aromatic carbocycles. The lowest BCUT2D eigenvalue weighted by atomic mass is 9.95. The zero-order valence-corrected chi connectivity index (χ0v) is 12.4. The van der Waals surface area contributed by atoms with Crippen LogP contribution in [0.25, 0.3) is 0 Å². The first-order valence-corrected chi connectivity index (χ1v) is 7.09. The van der Waals surface area contributed by atoms with E-state index in [-0.39, 0.29) is 11.8 Å². The highest BCUT2D eigenvalue weighted by Gasteiger charge is 2.22. The molecule has 20 heavy (non-hydrogen) atoms. The zero-order valence-electron chi connectivity index (χ0n) is 12.4. The van der Waals surface area contributed by atoms with E-state index >= 15 is 0 Å². The van der Waals surface area contributed by atoms with E-state index in [0.717, 1.165) is 25.9 Å². The minimum atomic E-state index is -0.449. The van der Waals surface area contributed by atoms with E-state index in [4.69, 9.17) is 0 Å². The van der Waals surface area contributed by atoms with Crippen LogP contribution in [0, 0.1) is 5.41 Å². The molecule has 1 saturated heterocycles. The molecule has 4 heteroatoms. The van der Waals surface area contributed by atoms with Gasteiger partial charge in [-0.1, -0.05) is 26.8 Å². The van der Waals surface area contributed by atoms with Crippen molar-refractivity contribution in [2.75, 3.05) is 18.4 Å². The summed E-state index contributed by atoms with van der Waals surface area (Å²) in [6, 6.07) is 7.17. The number of rotatable bonds is 2. The Bertz CT molecular complexity index is 511. The van der Waals surface area contributed by atoms with Crippen LogP contribution in [-0.2, 0) is 4.79 Å². The standard InChI is InChI=1S/C16H22N2O2/c1-16(2,3)15(20)17-13-8-6-7-12(11-13)14(19)18-9-4-5-10-18/h6-8,11H,4-5,9-10H2,1-3H3,(H,17,20). The van der Waals surface area contributed by atoms with Gasteiger partial charge in [0.15, 0.2) is 0 Å². The molecule has 0 aliphatic carbocycles. The van der Waals surface area contributed by atoms with E-state index in [2.05, 4.69) is 5.32 Å². The third-order valence-electron chi connectivity index (χ3n) is 3.44. The van der Waals surface area contributed by atoms with Crippen LogP contribution in [0.3, 0.4) is 0 Å². The van der Waals surface area contributed by atoms with E-state index in [1.165, 1.54) is 0 Å². The maximum Gasteiger partial charge on any atom is 0.253 e. The molecule has 1 N–H and O–H groups in total. The van der Waals surface area contributed by atoms with Gasteiger partial charge < -0.3 is 10.2 Å². The molecule has 108 valence electrons. The molecular formula is C16H22N2O2. The molecule has 4 nitrogen and oxygen atoms in total. The summed E-state index contributed by atoms with van der Waals surface area (Å²) in [5, 5.41) is 2.86. The average Bonchev–Trinajstić information content (AvgIpc) is 2.91. The Kier molecular flexibility index (Phi) is 4.12. The van der Waals surface area contributed by atoms with Crippen LogP contribution in [0.4, 0.5) is 5.69 Å². The van der Waals surface area contributed by atoms with Crippen molar-refractivity contribution in [3.63, 3.8) is 0 Å². The monoisotopic (exact) mass is 274 g/mol. The molecule has 0 spiro atoms. The SMILES string of the molecule is CC(C)(C)C(=O)Nc1cccc(C(=O)N2CCCC2)c1. The molecule has 0 unspecified atom stereocenters. The van der Waals surface area contributed by atoms with Crippen LogP contribution < -0.4 is 5.32 Å². The molecule has 1 aliphatic rings. The van der Waals surface area contributed by atoms with Gasteiger partial charge in [-0.25, -0.2) is 0 Å². The Balaban J connectivity index is 2.11. The smallest absolute Gasteiger partial charge is 0.253 e. The number of hydrogen-bond donors (Lipinski definition) is 1. The first-order chi connectivity index (χ1) is 9.38. The second-order valence-corrected chi connectivity index (χ2v) is 6.28. The predicted molar refractivity (Wildman–Crippen MR) is 79.7 cm³/mol. The largest absolute Gasteiger partial charge is 0.339 e. The summed E-state index contributed by atoms with van der Waals surface area (Å²) in [5.74, 6) is -0.00220. The fourth-order valence-electron chi connectivity index (χ4n) is 2.15. The van der Waals surface area contributed by atoms with Gasteiger partial charge in [0.25, 0.3) is 5.91 Å². The summed E-state index contributed by atoms with van der Waals surface area (Å²) in [5.41, 5.74) is 0.864. The second kappa shape index (κ2) is 5.65. The van der Waals surface area contributed by atoms with Crippen molar-refractivity contribution in [3.05, 3.63) is 29.8 Å².